The van der Waals surface area contributed by atoms with E-state index in [9.17, 15) is 9.18 Å². The molecule has 3 heteroatoms. The number of thioether (sulfide) groups is 1. The molecule has 0 atom stereocenters. The second-order valence-corrected chi connectivity index (χ2v) is 4.73. The summed E-state index contributed by atoms with van der Waals surface area (Å²) in [4.78, 5) is 11.5. The van der Waals surface area contributed by atoms with Crippen molar-refractivity contribution in [1.82, 2.24) is 0 Å². The number of benzene rings is 1. The van der Waals surface area contributed by atoms with Crippen LogP contribution in [0.3, 0.4) is 0 Å². The molecule has 0 aromatic heterocycles. The van der Waals surface area contributed by atoms with Crippen molar-refractivity contribution in [1.29, 1.82) is 0 Å². The minimum atomic E-state index is -0.295. The maximum absolute atomic E-state index is 12.6. The lowest BCUT2D eigenvalue weighted by atomic mass is 10.1. The molecule has 0 spiro atoms. The second kappa shape index (κ2) is 4.13. The van der Waals surface area contributed by atoms with Gasteiger partial charge in [0.15, 0.2) is 5.78 Å². The number of carbonyl (C=O) groups is 1. The van der Waals surface area contributed by atoms with Crippen molar-refractivity contribution in [2.75, 3.05) is 5.75 Å². The molecule has 0 bridgehead atoms. The van der Waals surface area contributed by atoms with E-state index in [1.807, 2.05) is 0 Å². The number of ketones is 1. The smallest absolute Gasteiger partial charge is 0.172 e. The normalized spacial score (nSPS) is 15.5. The van der Waals surface area contributed by atoms with Gasteiger partial charge in [0.25, 0.3) is 0 Å². The Morgan fingerprint density at radius 3 is 2.57 bits per heavy atom. The molecule has 0 saturated heterocycles. The van der Waals surface area contributed by atoms with Crippen molar-refractivity contribution in [2.24, 2.45) is 0 Å². The summed E-state index contributed by atoms with van der Waals surface area (Å²) < 4.78 is 12.6. The van der Waals surface area contributed by atoms with Crippen LogP contribution in [0.4, 0.5) is 4.39 Å². The van der Waals surface area contributed by atoms with Gasteiger partial charge >= 0.3 is 0 Å². The molecule has 1 saturated carbocycles. The zero-order valence-corrected chi connectivity index (χ0v) is 8.52. The zero-order chi connectivity index (χ0) is 9.97. The van der Waals surface area contributed by atoms with E-state index in [4.69, 9.17) is 0 Å². The van der Waals surface area contributed by atoms with Gasteiger partial charge < -0.3 is 0 Å². The Hall–Kier alpha value is -0.830. The van der Waals surface area contributed by atoms with E-state index in [0.29, 0.717) is 16.6 Å². The van der Waals surface area contributed by atoms with Gasteiger partial charge in [0.1, 0.15) is 5.82 Å². The highest BCUT2D eigenvalue weighted by molar-refractivity contribution is 8.00. The van der Waals surface area contributed by atoms with E-state index in [1.54, 1.807) is 23.9 Å². The molecule has 0 amide bonds. The molecular formula is C11H11FOS. The Kier molecular flexibility index (Phi) is 2.87. The Morgan fingerprint density at radius 2 is 2.00 bits per heavy atom. The predicted octanol–water partition coefficient (Wildman–Crippen LogP) is 2.90. The van der Waals surface area contributed by atoms with Crippen LogP contribution in [-0.2, 0) is 0 Å². The fraction of sp³-hybridized carbons (Fsp3) is 0.364. The van der Waals surface area contributed by atoms with Crippen LogP contribution in [0, 0.1) is 5.82 Å². The lowest BCUT2D eigenvalue weighted by Gasteiger charge is -1.99. The SMILES string of the molecule is O=C(CSC1CC1)c1ccc(F)cc1. The third-order valence-electron chi connectivity index (χ3n) is 2.14. The highest BCUT2D eigenvalue weighted by Crippen LogP contribution is 2.34. The van der Waals surface area contributed by atoms with Crippen molar-refractivity contribution < 1.29 is 9.18 Å². The molecule has 1 fully saturated rings. The van der Waals surface area contributed by atoms with Crippen molar-refractivity contribution >= 4 is 17.5 Å². The van der Waals surface area contributed by atoms with Crippen molar-refractivity contribution in [3.63, 3.8) is 0 Å². The summed E-state index contributed by atoms with van der Waals surface area (Å²) in [7, 11) is 0. The molecule has 1 aliphatic carbocycles. The van der Waals surface area contributed by atoms with Crippen LogP contribution < -0.4 is 0 Å². The quantitative estimate of drug-likeness (QED) is 0.711. The van der Waals surface area contributed by atoms with Gasteiger partial charge in [-0.05, 0) is 37.1 Å². The van der Waals surface area contributed by atoms with Crippen LogP contribution in [0.2, 0.25) is 0 Å². The summed E-state index contributed by atoms with van der Waals surface area (Å²) in [5.74, 6) is 0.328. The van der Waals surface area contributed by atoms with E-state index in [0.717, 1.165) is 0 Å². The van der Waals surface area contributed by atoms with Crippen molar-refractivity contribution in [3.05, 3.63) is 35.6 Å². The van der Waals surface area contributed by atoms with Gasteiger partial charge in [-0.15, -0.1) is 0 Å². The Balaban J connectivity index is 1.92. The molecule has 0 heterocycles. The minimum Gasteiger partial charge on any atom is -0.293 e. The molecular weight excluding hydrogens is 199 g/mol. The number of hydrogen-bond acceptors (Lipinski definition) is 2. The first-order valence-electron chi connectivity index (χ1n) is 4.66. The molecule has 1 aromatic carbocycles. The van der Waals surface area contributed by atoms with Crippen LogP contribution in [0.1, 0.15) is 23.2 Å². The molecule has 1 aromatic rings. The van der Waals surface area contributed by atoms with Crippen LogP contribution >= 0.6 is 11.8 Å². The third kappa shape index (κ3) is 2.58. The molecule has 0 radical (unpaired) electrons. The maximum Gasteiger partial charge on any atom is 0.172 e. The predicted molar refractivity (Wildman–Crippen MR) is 56.2 cm³/mol. The molecule has 0 N–H and O–H groups in total. The molecule has 2 rings (SSSR count). The highest BCUT2D eigenvalue weighted by Gasteiger charge is 2.22. The van der Waals surface area contributed by atoms with Gasteiger partial charge in [0, 0.05) is 10.8 Å². The van der Waals surface area contributed by atoms with Gasteiger partial charge in [-0.25, -0.2) is 4.39 Å². The summed E-state index contributed by atoms with van der Waals surface area (Å²) in [6.45, 7) is 0. The highest BCUT2D eigenvalue weighted by atomic mass is 32.2. The van der Waals surface area contributed by atoms with Crippen LogP contribution in [0.15, 0.2) is 24.3 Å². The average molecular weight is 210 g/mol. The molecule has 14 heavy (non-hydrogen) atoms. The fourth-order valence-electron chi connectivity index (χ4n) is 1.15. The van der Waals surface area contributed by atoms with E-state index < -0.39 is 0 Å². The first kappa shape index (κ1) is 9.71. The molecule has 74 valence electrons. The van der Waals surface area contributed by atoms with E-state index in [2.05, 4.69) is 0 Å². The number of halogens is 1. The van der Waals surface area contributed by atoms with E-state index in [1.165, 1.54) is 25.0 Å². The molecule has 0 unspecified atom stereocenters. The molecule has 0 aliphatic heterocycles. The monoisotopic (exact) mass is 210 g/mol. The lowest BCUT2D eigenvalue weighted by Crippen LogP contribution is -2.02. The first-order valence-corrected chi connectivity index (χ1v) is 5.71. The van der Waals surface area contributed by atoms with Crippen molar-refractivity contribution in [3.8, 4) is 0 Å². The van der Waals surface area contributed by atoms with Gasteiger partial charge in [0.2, 0.25) is 0 Å². The average Bonchev–Trinajstić information content (AvgIpc) is 2.99. The van der Waals surface area contributed by atoms with Crippen LogP contribution in [0.25, 0.3) is 0 Å². The maximum atomic E-state index is 12.6. The summed E-state index contributed by atoms with van der Waals surface area (Å²) in [5, 5.41) is 0.694. The van der Waals surface area contributed by atoms with Crippen LogP contribution in [-0.4, -0.2) is 16.8 Å². The Bertz CT molecular complexity index is 330. The fourth-order valence-corrected chi connectivity index (χ4v) is 2.17. The summed E-state index contributed by atoms with van der Waals surface area (Å²) >= 11 is 1.71. The summed E-state index contributed by atoms with van der Waals surface area (Å²) in [6.07, 6.45) is 2.47. The molecule has 1 nitrogen and oxygen atoms in total. The van der Waals surface area contributed by atoms with E-state index >= 15 is 0 Å². The zero-order valence-electron chi connectivity index (χ0n) is 7.70. The lowest BCUT2D eigenvalue weighted by molar-refractivity contribution is 0.102. The van der Waals surface area contributed by atoms with Crippen LogP contribution in [0.5, 0.6) is 0 Å². The van der Waals surface area contributed by atoms with Gasteiger partial charge in [0.05, 0.1) is 5.75 Å². The summed E-state index contributed by atoms with van der Waals surface area (Å²) in [6, 6.07) is 5.75. The Labute approximate surface area is 86.7 Å². The second-order valence-electron chi connectivity index (χ2n) is 3.44. The molecule has 1 aliphatic rings. The number of carbonyl (C=O) groups excluding carboxylic acids is 1. The largest absolute Gasteiger partial charge is 0.293 e. The first-order chi connectivity index (χ1) is 6.75. The number of rotatable bonds is 4. The third-order valence-corrected chi connectivity index (χ3v) is 3.51. The summed E-state index contributed by atoms with van der Waals surface area (Å²) in [5.41, 5.74) is 0.611. The standard InChI is InChI=1S/C11H11FOS/c12-9-3-1-8(2-4-9)11(13)7-14-10-5-6-10/h1-4,10H,5-7H2. The topological polar surface area (TPSA) is 17.1 Å². The number of Topliss-reactive ketones (excluding diaryl/α,β-unsaturated/α-hetero) is 1. The minimum absolute atomic E-state index is 0.0990. The van der Waals surface area contributed by atoms with Gasteiger partial charge in [-0.2, -0.15) is 11.8 Å². The van der Waals surface area contributed by atoms with Crippen molar-refractivity contribution in [2.45, 2.75) is 18.1 Å². The van der Waals surface area contributed by atoms with Gasteiger partial charge in [-0.1, -0.05) is 0 Å². The van der Waals surface area contributed by atoms with E-state index in [-0.39, 0.29) is 11.6 Å². The Morgan fingerprint density at radius 1 is 1.36 bits per heavy atom. The number of hydrogen-bond donors (Lipinski definition) is 0. The van der Waals surface area contributed by atoms with Gasteiger partial charge in [-0.3, -0.25) is 4.79 Å².